The molecular formula is C25H26N4O3S. The van der Waals surface area contributed by atoms with Gasteiger partial charge in [-0.1, -0.05) is 19.9 Å². The Hall–Kier alpha value is -3.44. The van der Waals surface area contributed by atoms with Gasteiger partial charge in [-0.15, -0.1) is 11.3 Å². The van der Waals surface area contributed by atoms with E-state index in [1.807, 2.05) is 40.7 Å². The highest BCUT2D eigenvalue weighted by Crippen LogP contribution is 2.51. The van der Waals surface area contributed by atoms with Gasteiger partial charge in [-0.05, 0) is 49.8 Å². The van der Waals surface area contributed by atoms with Gasteiger partial charge in [-0.25, -0.2) is 0 Å². The molecule has 0 radical (unpaired) electrons. The highest BCUT2D eigenvalue weighted by molar-refractivity contribution is 7.12. The van der Waals surface area contributed by atoms with Crippen molar-refractivity contribution < 1.29 is 9.72 Å². The van der Waals surface area contributed by atoms with Crippen LogP contribution in [-0.4, -0.2) is 10.7 Å². The summed E-state index contributed by atoms with van der Waals surface area (Å²) in [4.78, 5) is 28.5. The summed E-state index contributed by atoms with van der Waals surface area (Å²) < 4.78 is 0. The number of ketones is 1. The van der Waals surface area contributed by atoms with Gasteiger partial charge < -0.3 is 5.73 Å². The van der Waals surface area contributed by atoms with Crippen molar-refractivity contribution in [3.8, 4) is 6.07 Å². The van der Waals surface area contributed by atoms with Gasteiger partial charge in [0.15, 0.2) is 5.78 Å². The number of aryl methyl sites for hydroxylation is 3. The minimum Gasteiger partial charge on any atom is -0.384 e. The molecule has 0 unspecified atom stereocenters. The van der Waals surface area contributed by atoms with Crippen LogP contribution < -0.4 is 10.6 Å². The molecule has 2 aromatic rings. The highest BCUT2D eigenvalue weighted by Gasteiger charge is 2.45. The van der Waals surface area contributed by atoms with Gasteiger partial charge >= 0.3 is 0 Å². The number of hydrogen-bond donors (Lipinski definition) is 1. The van der Waals surface area contributed by atoms with Crippen molar-refractivity contribution in [3.05, 3.63) is 77.9 Å². The normalized spacial score (nSPS) is 20.1. The van der Waals surface area contributed by atoms with E-state index in [0.29, 0.717) is 29.7 Å². The molecule has 1 aliphatic heterocycles. The number of nitrogens with two attached hydrogens (primary N) is 1. The molecule has 1 aromatic carbocycles. The van der Waals surface area contributed by atoms with Crippen LogP contribution in [0.5, 0.6) is 0 Å². The molecule has 8 heteroatoms. The topological polar surface area (TPSA) is 113 Å². The number of nitro groups is 1. The Morgan fingerprint density at radius 2 is 1.94 bits per heavy atom. The lowest BCUT2D eigenvalue weighted by atomic mass is 9.68. The number of allylic oxidation sites excluding steroid dienone is 3. The third-order valence-electron chi connectivity index (χ3n) is 6.42. The molecule has 4 rings (SSSR count). The summed E-state index contributed by atoms with van der Waals surface area (Å²) in [7, 11) is 0. The molecule has 0 bridgehead atoms. The summed E-state index contributed by atoms with van der Waals surface area (Å²) >= 11 is 1.63. The first-order valence-electron chi connectivity index (χ1n) is 10.7. The number of nitrogens with zero attached hydrogens (tertiary/aromatic N) is 3. The monoisotopic (exact) mass is 462 g/mol. The molecule has 1 aromatic heterocycles. The average Bonchev–Trinajstić information content (AvgIpc) is 3.04. The molecule has 0 saturated heterocycles. The summed E-state index contributed by atoms with van der Waals surface area (Å²) in [6.45, 7) is 9.90. The molecule has 1 aliphatic carbocycles. The first kappa shape index (κ1) is 22.7. The van der Waals surface area contributed by atoms with Crippen molar-refractivity contribution in [2.24, 2.45) is 11.1 Å². The van der Waals surface area contributed by atoms with Crippen LogP contribution in [-0.2, 0) is 4.79 Å². The zero-order chi connectivity index (χ0) is 24.2. The Labute approximate surface area is 197 Å². The SMILES string of the molecule is Cc1cc([C@@H]2C(C#N)=C(N)N(c3cc([N+](=O)[O-])ccc3C)C3=C2C(=O)CC(C)(C)C3)c(C)s1. The molecule has 2 N–H and O–H groups in total. The first-order valence-corrected chi connectivity index (χ1v) is 11.5. The second-order valence-electron chi connectivity index (χ2n) is 9.58. The minimum absolute atomic E-state index is 0.0113. The second-order valence-corrected chi connectivity index (χ2v) is 11.0. The van der Waals surface area contributed by atoms with Crippen LogP contribution >= 0.6 is 11.3 Å². The van der Waals surface area contributed by atoms with Gasteiger partial charge in [0.2, 0.25) is 0 Å². The average molecular weight is 463 g/mol. The Morgan fingerprint density at radius 1 is 1.24 bits per heavy atom. The van der Waals surface area contributed by atoms with Crippen LogP contribution in [0.1, 0.15) is 53.5 Å². The molecule has 0 spiro atoms. The molecule has 0 amide bonds. The van der Waals surface area contributed by atoms with Gasteiger partial charge in [0.25, 0.3) is 5.69 Å². The number of hydrogen-bond acceptors (Lipinski definition) is 7. The molecular weight excluding hydrogens is 436 g/mol. The summed E-state index contributed by atoms with van der Waals surface area (Å²) in [5, 5.41) is 21.7. The van der Waals surface area contributed by atoms with Crippen molar-refractivity contribution in [2.45, 2.75) is 53.4 Å². The van der Waals surface area contributed by atoms with Gasteiger partial charge in [0.1, 0.15) is 5.82 Å². The summed E-state index contributed by atoms with van der Waals surface area (Å²) in [6, 6.07) is 8.87. The largest absolute Gasteiger partial charge is 0.384 e. The number of thiophene rings is 1. The third kappa shape index (κ3) is 3.72. The number of carbonyl (C=O) groups is 1. The maximum absolute atomic E-state index is 13.6. The number of non-ortho nitro benzene ring substituents is 1. The van der Waals surface area contributed by atoms with E-state index in [9.17, 15) is 20.2 Å². The van der Waals surface area contributed by atoms with Crippen molar-refractivity contribution in [2.75, 3.05) is 4.90 Å². The maximum atomic E-state index is 13.6. The summed E-state index contributed by atoms with van der Waals surface area (Å²) in [6.07, 6.45) is 0.930. The lowest BCUT2D eigenvalue weighted by molar-refractivity contribution is -0.384. The van der Waals surface area contributed by atoms with E-state index < -0.39 is 10.8 Å². The Bertz CT molecular complexity index is 1310. The van der Waals surface area contributed by atoms with E-state index in [-0.39, 0.29) is 22.7 Å². The second kappa shape index (κ2) is 7.85. The molecule has 0 fully saturated rings. The van der Waals surface area contributed by atoms with Crippen molar-refractivity contribution in [3.63, 3.8) is 0 Å². The van der Waals surface area contributed by atoms with Gasteiger partial charge in [0, 0.05) is 39.6 Å². The van der Waals surface area contributed by atoms with E-state index in [0.717, 1.165) is 26.6 Å². The maximum Gasteiger partial charge on any atom is 0.271 e. The van der Waals surface area contributed by atoms with Crippen LogP contribution in [0.3, 0.4) is 0 Å². The number of anilines is 1. The lowest BCUT2D eigenvalue weighted by Crippen LogP contribution is -2.42. The number of benzene rings is 1. The molecule has 2 heterocycles. The Balaban J connectivity index is 2.05. The number of rotatable bonds is 3. The standard InChI is InChI=1S/C25H26N4O3S/c1-13-6-7-16(29(31)32)9-19(13)28-20-10-25(4,5)11-21(30)23(20)22(18(12-26)24(28)27)17-8-14(2)33-15(17)3/h6-9,22H,10-11,27H2,1-5H3/t22-/m1/s1. The minimum atomic E-state index is -0.534. The number of carbonyl (C=O) groups excluding carboxylic acids is 1. The molecule has 1 atom stereocenters. The third-order valence-corrected chi connectivity index (χ3v) is 7.40. The van der Waals surface area contributed by atoms with Gasteiger partial charge in [0.05, 0.1) is 28.2 Å². The first-order chi connectivity index (χ1) is 15.4. The lowest BCUT2D eigenvalue weighted by Gasteiger charge is -2.44. The van der Waals surface area contributed by atoms with E-state index in [1.165, 1.54) is 12.1 Å². The van der Waals surface area contributed by atoms with Gasteiger partial charge in [-0.2, -0.15) is 5.26 Å². The summed E-state index contributed by atoms with van der Waals surface area (Å²) in [5.74, 6) is -0.324. The highest BCUT2D eigenvalue weighted by atomic mass is 32.1. The fraction of sp³-hybridized carbons (Fsp3) is 0.360. The summed E-state index contributed by atoms with van der Waals surface area (Å²) in [5.41, 5.74) is 10.1. The smallest absolute Gasteiger partial charge is 0.271 e. The van der Waals surface area contributed by atoms with Crippen LogP contribution in [0.4, 0.5) is 11.4 Å². The number of Topliss-reactive ketones (excluding diaryl/α,β-unsaturated/α-hetero) is 1. The number of nitro benzene ring substituents is 1. The van der Waals surface area contributed by atoms with Crippen LogP contribution in [0.25, 0.3) is 0 Å². The zero-order valence-electron chi connectivity index (χ0n) is 19.4. The quantitative estimate of drug-likeness (QED) is 0.474. The fourth-order valence-electron chi connectivity index (χ4n) is 4.98. The van der Waals surface area contributed by atoms with Crippen LogP contribution in [0, 0.1) is 47.6 Å². The van der Waals surface area contributed by atoms with Gasteiger partial charge in [-0.3, -0.25) is 19.8 Å². The van der Waals surface area contributed by atoms with Crippen molar-refractivity contribution in [1.29, 1.82) is 5.26 Å². The molecule has 2 aliphatic rings. The molecule has 170 valence electrons. The Kier molecular flexibility index (Phi) is 5.41. The number of nitriles is 1. The predicted octanol–water partition coefficient (Wildman–Crippen LogP) is 5.52. The van der Waals surface area contributed by atoms with E-state index >= 15 is 0 Å². The zero-order valence-corrected chi connectivity index (χ0v) is 20.2. The van der Waals surface area contributed by atoms with E-state index in [4.69, 9.17) is 5.73 Å². The van der Waals surface area contributed by atoms with Crippen LogP contribution in [0.2, 0.25) is 0 Å². The fourth-order valence-corrected chi connectivity index (χ4v) is 5.95. The predicted molar refractivity (Wildman–Crippen MR) is 129 cm³/mol. The van der Waals surface area contributed by atoms with E-state index in [1.54, 1.807) is 22.3 Å². The van der Waals surface area contributed by atoms with Crippen LogP contribution in [0.15, 0.2) is 46.9 Å². The Morgan fingerprint density at radius 3 is 2.52 bits per heavy atom. The van der Waals surface area contributed by atoms with Crippen molar-refractivity contribution >= 4 is 28.5 Å². The van der Waals surface area contributed by atoms with Crippen molar-refractivity contribution in [1.82, 2.24) is 0 Å². The molecule has 0 saturated carbocycles. The van der Waals surface area contributed by atoms with E-state index in [2.05, 4.69) is 6.07 Å². The molecule has 7 nitrogen and oxygen atoms in total. The molecule has 33 heavy (non-hydrogen) atoms.